The number of fused-ring (bicyclic) bond motifs is 1. The summed E-state index contributed by atoms with van der Waals surface area (Å²) in [6, 6.07) is 9.38. The Morgan fingerprint density at radius 3 is 2.45 bits per heavy atom. The van der Waals surface area contributed by atoms with Crippen LogP contribution >= 0.6 is 0 Å². The van der Waals surface area contributed by atoms with Crippen molar-refractivity contribution in [2.24, 2.45) is 5.92 Å². The van der Waals surface area contributed by atoms with E-state index in [2.05, 4.69) is 10.3 Å². The van der Waals surface area contributed by atoms with E-state index in [0.717, 1.165) is 24.0 Å². The highest BCUT2D eigenvalue weighted by Gasteiger charge is 2.50. The van der Waals surface area contributed by atoms with Crippen molar-refractivity contribution in [1.82, 2.24) is 30.1 Å². The largest absolute Gasteiger partial charge is 0.508 e. The summed E-state index contributed by atoms with van der Waals surface area (Å²) in [6.45, 7) is 1.19. The van der Waals surface area contributed by atoms with E-state index >= 15 is 0 Å². The van der Waals surface area contributed by atoms with Gasteiger partial charge >= 0.3 is 6.03 Å². The lowest BCUT2D eigenvalue weighted by molar-refractivity contribution is -0.187. The number of pyridine rings is 1. The number of amides is 4. The van der Waals surface area contributed by atoms with Gasteiger partial charge in [0.05, 0.1) is 13.1 Å². The number of nitrogens with one attached hydrogen (secondary N) is 1. The number of phenolic OH excluding ortho intramolecular Hbond substituents is 1. The number of carbonyl (C=O) groups is 3. The molecule has 1 aromatic carbocycles. The summed E-state index contributed by atoms with van der Waals surface area (Å²) in [6.07, 6.45) is 8.91. The minimum atomic E-state index is -0.769. The molecule has 10 heteroatoms. The molecular formula is C28H36N6O4. The summed E-state index contributed by atoms with van der Waals surface area (Å²) in [4.78, 5) is 48.2. The van der Waals surface area contributed by atoms with Crippen LogP contribution in [0.3, 0.4) is 0 Å². The molecule has 2 N–H and O–H groups in total. The molecule has 1 saturated carbocycles. The smallest absolute Gasteiger partial charge is 0.333 e. The van der Waals surface area contributed by atoms with Gasteiger partial charge in [-0.25, -0.2) is 14.8 Å². The van der Waals surface area contributed by atoms with E-state index in [4.69, 9.17) is 0 Å². The summed E-state index contributed by atoms with van der Waals surface area (Å²) in [5.74, 6) is 0.261. The average Bonchev–Trinajstić information content (AvgIpc) is 2.92. The lowest BCUT2D eigenvalue weighted by Crippen LogP contribution is -2.76. The number of aromatic hydroxyl groups is 1. The van der Waals surface area contributed by atoms with Gasteiger partial charge in [-0.1, -0.05) is 31.4 Å². The number of hydrogen-bond donors (Lipinski definition) is 2. The second-order valence-corrected chi connectivity index (χ2v) is 10.6. The summed E-state index contributed by atoms with van der Waals surface area (Å²) in [5, 5.41) is 16.1. The van der Waals surface area contributed by atoms with E-state index in [1.807, 2.05) is 12.1 Å². The third-order valence-electron chi connectivity index (χ3n) is 7.90. The van der Waals surface area contributed by atoms with Crippen molar-refractivity contribution in [3.63, 3.8) is 0 Å². The quantitative estimate of drug-likeness (QED) is 0.605. The number of nitrogens with zero attached hydrogens (tertiary/aromatic N) is 5. The van der Waals surface area contributed by atoms with Gasteiger partial charge in [0.15, 0.2) is 0 Å². The molecule has 38 heavy (non-hydrogen) atoms. The molecule has 0 bridgehead atoms. The van der Waals surface area contributed by atoms with Crippen molar-refractivity contribution in [3.8, 4) is 5.75 Å². The lowest BCUT2D eigenvalue weighted by atomic mass is 9.89. The Kier molecular flexibility index (Phi) is 7.78. The van der Waals surface area contributed by atoms with Gasteiger partial charge in [-0.05, 0) is 54.2 Å². The van der Waals surface area contributed by atoms with Crippen LogP contribution in [0.5, 0.6) is 5.75 Å². The van der Waals surface area contributed by atoms with Gasteiger partial charge in [-0.2, -0.15) is 0 Å². The van der Waals surface area contributed by atoms with E-state index in [1.165, 1.54) is 19.3 Å². The number of likely N-dealkylation sites (N-methyl/N-ethyl adjacent to an activating group) is 1. The van der Waals surface area contributed by atoms with Gasteiger partial charge in [0.2, 0.25) is 11.8 Å². The van der Waals surface area contributed by atoms with Crippen molar-refractivity contribution in [1.29, 1.82) is 0 Å². The van der Waals surface area contributed by atoms with Gasteiger partial charge in [-0.3, -0.25) is 14.6 Å². The fraction of sp³-hybridized carbons (Fsp3) is 0.500. The molecule has 1 aliphatic carbocycles. The van der Waals surface area contributed by atoms with Gasteiger partial charge in [0.1, 0.15) is 18.0 Å². The molecule has 3 fully saturated rings. The van der Waals surface area contributed by atoms with E-state index in [1.54, 1.807) is 63.5 Å². The molecule has 3 heterocycles. The zero-order valence-electron chi connectivity index (χ0n) is 21.8. The van der Waals surface area contributed by atoms with Crippen LogP contribution in [0.2, 0.25) is 0 Å². The highest BCUT2D eigenvalue weighted by Crippen LogP contribution is 2.29. The molecule has 4 amide bonds. The van der Waals surface area contributed by atoms with Crippen LogP contribution in [-0.2, 0) is 22.6 Å². The highest BCUT2D eigenvalue weighted by atomic mass is 16.3. The minimum absolute atomic E-state index is 0.0110. The fourth-order valence-corrected chi connectivity index (χ4v) is 5.92. The summed E-state index contributed by atoms with van der Waals surface area (Å²) < 4.78 is 0. The van der Waals surface area contributed by atoms with Gasteiger partial charge in [0, 0.05) is 39.0 Å². The molecule has 1 unspecified atom stereocenters. The van der Waals surface area contributed by atoms with Gasteiger partial charge in [-0.15, -0.1) is 0 Å². The number of aromatic nitrogens is 1. The molecule has 1 aromatic heterocycles. The Morgan fingerprint density at radius 2 is 1.74 bits per heavy atom. The number of hydrogen-bond acceptors (Lipinski definition) is 6. The van der Waals surface area contributed by atoms with Crippen molar-refractivity contribution in [2.75, 3.05) is 26.7 Å². The Bertz CT molecular complexity index is 1140. The first-order chi connectivity index (χ1) is 18.4. The number of benzene rings is 1. The molecule has 3 aliphatic rings. The Hall–Kier alpha value is -3.66. The first-order valence-electron chi connectivity index (χ1n) is 13.5. The molecule has 0 spiro atoms. The van der Waals surface area contributed by atoms with E-state index < -0.39 is 12.2 Å². The molecule has 2 aromatic rings. The van der Waals surface area contributed by atoms with E-state index in [0.29, 0.717) is 19.0 Å². The molecule has 2 saturated heterocycles. The zero-order valence-corrected chi connectivity index (χ0v) is 21.8. The minimum Gasteiger partial charge on any atom is -0.508 e. The maximum Gasteiger partial charge on any atom is 0.333 e. The number of phenols is 1. The maximum atomic E-state index is 13.8. The number of piperazine rings is 1. The maximum absolute atomic E-state index is 13.8. The van der Waals surface area contributed by atoms with Crippen molar-refractivity contribution in [2.45, 2.75) is 57.3 Å². The van der Waals surface area contributed by atoms with Crippen molar-refractivity contribution >= 4 is 17.8 Å². The summed E-state index contributed by atoms with van der Waals surface area (Å²) >= 11 is 0. The third-order valence-corrected chi connectivity index (χ3v) is 7.90. The number of urea groups is 1. The third kappa shape index (κ3) is 5.60. The topological polar surface area (TPSA) is 109 Å². The molecule has 2 atom stereocenters. The average molecular weight is 521 g/mol. The van der Waals surface area contributed by atoms with Crippen LogP contribution in [0.25, 0.3) is 0 Å². The summed E-state index contributed by atoms with van der Waals surface area (Å²) in [5.41, 5.74) is 1.75. The van der Waals surface area contributed by atoms with Crippen LogP contribution in [0, 0.1) is 5.92 Å². The number of carbonyl (C=O) groups excluding carboxylic acids is 3. The molecule has 202 valence electrons. The van der Waals surface area contributed by atoms with E-state index in [9.17, 15) is 19.5 Å². The Balaban J connectivity index is 1.42. The number of rotatable bonds is 6. The second-order valence-electron chi connectivity index (χ2n) is 10.6. The van der Waals surface area contributed by atoms with Gasteiger partial charge in [0.25, 0.3) is 0 Å². The molecule has 0 radical (unpaired) electrons. The molecular weight excluding hydrogens is 484 g/mol. The fourth-order valence-electron chi connectivity index (χ4n) is 5.92. The van der Waals surface area contributed by atoms with Crippen molar-refractivity contribution in [3.05, 3.63) is 59.9 Å². The van der Waals surface area contributed by atoms with Crippen LogP contribution in [0.4, 0.5) is 4.79 Å². The van der Waals surface area contributed by atoms with Crippen LogP contribution < -0.4 is 5.32 Å². The lowest BCUT2D eigenvalue weighted by Gasteiger charge is -2.54. The molecule has 2 aliphatic heterocycles. The number of hydrazine groups is 1. The Morgan fingerprint density at radius 1 is 1.03 bits per heavy atom. The monoisotopic (exact) mass is 520 g/mol. The van der Waals surface area contributed by atoms with Crippen LogP contribution in [0.15, 0.2) is 48.8 Å². The zero-order chi connectivity index (χ0) is 26.6. The summed E-state index contributed by atoms with van der Waals surface area (Å²) in [7, 11) is 1.74. The predicted octanol–water partition coefficient (Wildman–Crippen LogP) is 2.35. The van der Waals surface area contributed by atoms with Crippen LogP contribution in [0.1, 0.15) is 43.2 Å². The SMILES string of the molecule is CN1CC(=O)N2C(CN(Cc3ccncc3)C(=O)[C@@H]2Cc2ccc(O)cc2)N1C(=O)NCC1CCCCC1. The predicted molar refractivity (Wildman–Crippen MR) is 140 cm³/mol. The van der Waals surface area contributed by atoms with Gasteiger partial charge < -0.3 is 20.2 Å². The first kappa shape index (κ1) is 26.0. The van der Waals surface area contributed by atoms with Crippen molar-refractivity contribution < 1.29 is 19.5 Å². The second kappa shape index (κ2) is 11.4. The normalized spacial score (nSPS) is 22.9. The highest BCUT2D eigenvalue weighted by molar-refractivity contribution is 5.91. The molecule has 5 rings (SSSR count). The Labute approximate surface area is 223 Å². The molecule has 10 nitrogen and oxygen atoms in total. The van der Waals surface area contributed by atoms with E-state index in [-0.39, 0.29) is 43.1 Å². The van der Waals surface area contributed by atoms with Crippen LogP contribution in [-0.4, -0.2) is 86.6 Å². The first-order valence-corrected chi connectivity index (χ1v) is 13.5. The standard InChI is InChI=1S/C28H36N6O4/c1-31-19-26(36)33-24(15-20-7-9-23(35)10-8-20)27(37)32(17-22-11-13-29-14-12-22)18-25(33)34(31)28(38)30-16-21-5-3-2-4-6-21/h7-14,21,24-25,35H,2-6,15-19H2,1H3,(H,30,38)/t24-,25?/m0/s1.